The molecule has 0 radical (unpaired) electrons. The molecule has 3 aliphatic rings. The summed E-state index contributed by atoms with van der Waals surface area (Å²) in [6.07, 6.45) is 0.937. The molecule has 2 aliphatic heterocycles. The van der Waals surface area contributed by atoms with Gasteiger partial charge in [-0.2, -0.15) is 0 Å². The van der Waals surface area contributed by atoms with Crippen molar-refractivity contribution in [3.05, 3.63) is 24.3 Å². The second-order valence-corrected chi connectivity index (χ2v) is 6.06. The van der Waals surface area contributed by atoms with Crippen LogP contribution in [0.4, 0.5) is 4.39 Å². The van der Waals surface area contributed by atoms with Crippen molar-refractivity contribution < 1.29 is 18.7 Å². The summed E-state index contributed by atoms with van der Waals surface area (Å²) in [6, 6.07) is 0. The largest absolute Gasteiger partial charge is 0.455 e. The third-order valence-electron chi connectivity index (χ3n) is 4.70. The molecule has 3 fully saturated rings. The molecule has 2 heterocycles. The van der Waals surface area contributed by atoms with Gasteiger partial charge in [0.15, 0.2) is 0 Å². The molecule has 4 heteroatoms. The van der Waals surface area contributed by atoms with Gasteiger partial charge in [0, 0.05) is 11.5 Å². The van der Waals surface area contributed by atoms with Gasteiger partial charge in [-0.15, -0.1) is 0 Å². The lowest BCUT2D eigenvalue weighted by Crippen LogP contribution is -2.30. The zero-order valence-corrected chi connectivity index (χ0v) is 11.2. The maximum Gasteiger partial charge on any atom is 0.334 e. The maximum atomic E-state index is 13.9. The van der Waals surface area contributed by atoms with Gasteiger partial charge in [-0.25, -0.2) is 9.18 Å². The summed E-state index contributed by atoms with van der Waals surface area (Å²) in [5.74, 6) is -0.407. The monoisotopic (exact) mass is 266 g/mol. The Labute approximate surface area is 112 Å². The molecule has 0 aromatic carbocycles. The molecule has 1 aliphatic carbocycles. The van der Waals surface area contributed by atoms with Crippen molar-refractivity contribution in [2.24, 2.45) is 5.92 Å². The highest BCUT2D eigenvalue weighted by Crippen LogP contribution is 2.50. The van der Waals surface area contributed by atoms with Crippen LogP contribution in [0.15, 0.2) is 24.3 Å². The van der Waals surface area contributed by atoms with E-state index in [1.165, 1.54) is 0 Å². The standard InChI is InChI=1S/C15H19FO3/c1-8-4-5-10-9(2)14(17)18-12(10)13-15(3,19-13)7-6-11(8)16/h10-13H,1-2,4-7H2,3H3/t10-,11?,12-,13-,15+/m0/s1. The first-order valence-corrected chi connectivity index (χ1v) is 6.82. The average molecular weight is 266 g/mol. The average Bonchev–Trinajstić information content (AvgIpc) is 2.96. The molecule has 3 nitrogen and oxygen atoms in total. The van der Waals surface area contributed by atoms with Crippen LogP contribution in [-0.4, -0.2) is 29.9 Å². The molecule has 0 spiro atoms. The minimum absolute atomic E-state index is 0.0682. The Kier molecular flexibility index (Phi) is 2.82. The molecule has 3 rings (SSSR count). The predicted octanol–water partition coefficient (Wildman–Crippen LogP) is 2.71. The number of hydrogen-bond donors (Lipinski definition) is 0. The van der Waals surface area contributed by atoms with E-state index in [0.29, 0.717) is 36.8 Å². The SMILES string of the molecule is C=C1CC[C@H]2C(=C)C(=O)O[C@@H]2[C@@H]2O[C@]2(C)CCC1F. The van der Waals surface area contributed by atoms with Crippen LogP contribution >= 0.6 is 0 Å². The summed E-state index contributed by atoms with van der Waals surface area (Å²) in [4.78, 5) is 11.7. The fourth-order valence-electron chi connectivity index (χ4n) is 3.23. The third kappa shape index (κ3) is 2.02. The van der Waals surface area contributed by atoms with E-state index in [1.54, 1.807) is 0 Å². The first kappa shape index (κ1) is 12.9. The lowest BCUT2D eigenvalue weighted by atomic mass is 9.82. The summed E-state index contributed by atoms with van der Waals surface area (Å²) in [5.41, 5.74) is 0.732. The Morgan fingerprint density at radius 1 is 1.37 bits per heavy atom. The third-order valence-corrected chi connectivity index (χ3v) is 4.70. The van der Waals surface area contributed by atoms with Gasteiger partial charge >= 0.3 is 5.97 Å². The Morgan fingerprint density at radius 2 is 2.11 bits per heavy atom. The molecule has 0 aromatic heterocycles. The van der Waals surface area contributed by atoms with Crippen LogP contribution in [0, 0.1) is 5.92 Å². The Morgan fingerprint density at radius 3 is 2.84 bits per heavy atom. The number of fused-ring (bicyclic) bond motifs is 3. The van der Waals surface area contributed by atoms with E-state index in [-0.39, 0.29) is 29.7 Å². The number of alkyl halides is 1. The van der Waals surface area contributed by atoms with Crippen molar-refractivity contribution in [3.8, 4) is 0 Å². The maximum absolute atomic E-state index is 13.9. The summed E-state index contributed by atoms with van der Waals surface area (Å²) < 4.78 is 25.1. The van der Waals surface area contributed by atoms with Crippen LogP contribution in [0.2, 0.25) is 0 Å². The number of allylic oxidation sites excluding steroid dienone is 1. The number of ether oxygens (including phenoxy) is 2. The van der Waals surface area contributed by atoms with E-state index in [1.807, 2.05) is 6.92 Å². The van der Waals surface area contributed by atoms with Gasteiger partial charge in [0.25, 0.3) is 0 Å². The van der Waals surface area contributed by atoms with Crippen molar-refractivity contribution in [1.29, 1.82) is 0 Å². The highest BCUT2D eigenvalue weighted by molar-refractivity contribution is 5.91. The van der Waals surface area contributed by atoms with Gasteiger partial charge in [-0.3, -0.25) is 0 Å². The van der Waals surface area contributed by atoms with E-state index in [9.17, 15) is 9.18 Å². The zero-order valence-electron chi connectivity index (χ0n) is 11.2. The van der Waals surface area contributed by atoms with Crippen molar-refractivity contribution in [2.75, 3.05) is 0 Å². The van der Waals surface area contributed by atoms with Gasteiger partial charge in [-0.05, 0) is 38.2 Å². The quantitative estimate of drug-likeness (QED) is 0.293. The normalized spacial score (nSPS) is 46.3. The van der Waals surface area contributed by atoms with Crippen molar-refractivity contribution >= 4 is 5.97 Å². The summed E-state index contributed by atoms with van der Waals surface area (Å²) in [6.45, 7) is 9.59. The topological polar surface area (TPSA) is 38.8 Å². The second-order valence-electron chi connectivity index (χ2n) is 6.06. The number of rotatable bonds is 0. The molecule has 5 atom stereocenters. The fraction of sp³-hybridized carbons (Fsp3) is 0.667. The number of esters is 1. The summed E-state index contributed by atoms with van der Waals surface area (Å²) >= 11 is 0. The van der Waals surface area contributed by atoms with Crippen LogP contribution in [0.1, 0.15) is 32.6 Å². The highest BCUT2D eigenvalue weighted by atomic mass is 19.1. The Balaban J connectivity index is 1.85. The summed E-state index contributed by atoms with van der Waals surface area (Å²) in [7, 11) is 0. The lowest BCUT2D eigenvalue weighted by molar-refractivity contribution is -0.140. The van der Waals surface area contributed by atoms with Crippen LogP contribution < -0.4 is 0 Å². The van der Waals surface area contributed by atoms with Crippen molar-refractivity contribution in [2.45, 2.75) is 56.6 Å². The number of carbonyl (C=O) groups is 1. The molecule has 1 unspecified atom stereocenters. The van der Waals surface area contributed by atoms with Crippen molar-refractivity contribution in [1.82, 2.24) is 0 Å². The molecular formula is C15H19FO3. The van der Waals surface area contributed by atoms with E-state index in [0.717, 1.165) is 0 Å². The zero-order chi connectivity index (χ0) is 13.8. The van der Waals surface area contributed by atoms with Gasteiger partial charge in [0.1, 0.15) is 18.4 Å². The van der Waals surface area contributed by atoms with E-state index < -0.39 is 6.17 Å². The van der Waals surface area contributed by atoms with Crippen LogP contribution in [0.5, 0.6) is 0 Å². The van der Waals surface area contributed by atoms with E-state index in [4.69, 9.17) is 9.47 Å². The molecule has 2 saturated heterocycles. The molecule has 19 heavy (non-hydrogen) atoms. The molecule has 0 N–H and O–H groups in total. The fourth-order valence-corrected chi connectivity index (χ4v) is 3.23. The molecule has 1 saturated carbocycles. The molecule has 0 bridgehead atoms. The van der Waals surface area contributed by atoms with E-state index in [2.05, 4.69) is 13.2 Å². The van der Waals surface area contributed by atoms with Gasteiger partial charge < -0.3 is 9.47 Å². The van der Waals surface area contributed by atoms with Crippen LogP contribution in [0.3, 0.4) is 0 Å². The molecule has 0 aromatic rings. The van der Waals surface area contributed by atoms with E-state index >= 15 is 0 Å². The van der Waals surface area contributed by atoms with Gasteiger partial charge in [0.2, 0.25) is 0 Å². The first-order valence-electron chi connectivity index (χ1n) is 6.82. The Hall–Kier alpha value is -1.16. The number of hydrogen-bond acceptors (Lipinski definition) is 3. The number of halogens is 1. The smallest absolute Gasteiger partial charge is 0.334 e. The Bertz CT molecular complexity index is 458. The van der Waals surface area contributed by atoms with Gasteiger partial charge in [-0.1, -0.05) is 13.2 Å². The second kappa shape index (κ2) is 4.17. The minimum Gasteiger partial charge on any atom is -0.455 e. The number of carbonyl (C=O) groups excluding carboxylic acids is 1. The summed E-state index contributed by atoms with van der Waals surface area (Å²) in [5, 5.41) is 0. The van der Waals surface area contributed by atoms with Crippen LogP contribution in [-0.2, 0) is 14.3 Å². The van der Waals surface area contributed by atoms with Crippen LogP contribution in [0.25, 0.3) is 0 Å². The molecular weight excluding hydrogens is 247 g/mol. The molecule has 104 valence electrons. The first-order chi connectivity index (χ1) is 8.92. The lowest BCUT2D eigenvalue weighted by Gasteiger charge is -2.21. The highest BCUT2D eigenvalue weighted by Gasteiger charge is 2.61. The predicted molar refractivity (Wildman–Crippen MR) is 68.3 cm³/mol. The van der Waals surface area contributed by atoms with Gasteiger partial charge in [0.05, 0.1) is 5.60 Å². The number of epoxide rings is 1. The molecule has 0 amide bonds. The minimum atomic E-state index is -0.982. The van der Waals surface area contributed by atoms with Crippen molar-refractivity contribution in [3.63, 3.8) is 0 Å².